The molecule has 2 atom stereocenters. The quantitative estimate of drug-likeness (QED) is 0.161. The summed E-state index contributed by atoms with van der Waals surface area (Å²) in [5, 5.41) is 13.9. The summed E-state index contributed by atoms with van der Waals surface area (Å²) in [7, 11) is 0. The van der Waals surface area contributed by atoms with E-state index in [1.165, 1.54) is 72.9 Å². The molecule has 5 aromatic carbocycles. The summed E-state index contributed by atoms with van der Waals surface area (Å²) in [4.78, 5) is 4.91. The number of para-hydroxylation sites is 4. The van der Waals surface area contributed by atoms with Gasteiger partial charge >= 0.3 is 0 Å². The second-order valence-corrected chi connectivity index (χ2v) is 13.9. The van der Waals surface area contributed by atoms with Gasteiger partial charge in [-0.05, 0) is 103 Å². The Balaban J connectivity index is 0.931. The summed E-state index contributed by atoms with van der Waals surface area (Å²) in [6.07, 6.45) is 15.7. The lowest BCUT2D eigenvalue weighted by Gasteiger charge is -2.34. The van der Waals surface area contributed by atoms with Crippen LogP contribution in [0.4, 0.5) is 28.4 Å². The normalized spacial score (nSPS) is 19.7. The highest BCUT2D eigenvalue weighted by Crippen LogP contribution is 2.44. The number of benzene rings is 5. The minimum atomic E-state index is 0.116. The molecule has 252 valence electrons. The van der Waals surface area contributed by atoms with Crippen LogP contribution in [-0.4, -0.2) is 18.8 Å². The largest absolute Gasteiger partial charge is 0.381 e. The highest BCUT2D eigenvalue weighted by molar-refractivity contribution is 5.97. The average molecular weight is 666 g/mol. The molecule has 0 bridgehead atoms. The fourth-order valence-electron chi connectivity index (χ4n) is 8.12. The smallest absolute Gasteiger partial charge is 0.126 e. The Kier molecular flexibility index (Phi) is 8.17. The maximum absolute atomic E-state index is 3.81. The first-order chi connectivity index (χ1) is 25.2. The van der Waals surface area contributed by atoms with Crippen LogP contribution in [0.5, 0.6) is 0 Å². The zero-order valence-corrected chi connectivity index (χ0v) is 29.0. The van der Waals surface area contributed by atoms with E-state index in [1.54, 1.807) is 0 Å². The summed E-state index contributed by atoms with van der Waals surface area (Å²) in [6.45, 7) is 3.09. The van der Waals surface area contributed by atoms with Crippen LogP contribution in [0.2, 0.25) is 0 Å². The molecular formula is C46H43N5. The zero-order valence-electron chi connectivity index (χ0n) is 29.0. The molecule has 2 aliphatic carbocycles. The number of nitrogens with zero attached hydrogens (tertiary/aromatic N) is 2. The van der Waals surface area contributed by atoms with E-state index in [0.717, 1.165) is 32.2 Å². The van der Waals surface area contributed by atoms with Gasteiger partial charge in [0.2, 0.25) is 0 Å². The van der Waals surface area contributed by atoms with Crippen molar-refractivity contribution in [2.45, 2.75) is 44.8 Å². The van der Waals surface area contributed by atoms with E-state index in [9.17, 15) is 0 Å². The van der Waals surface area contributed by atoms with Gasteiger partial charge in [-0.25, -0.2) is 0 Å². The molecule has 9 rings (SSSR count). The molecule has 0 spiro atoms. The molecule has 0 amide bonds. The highest BCUT2D eigenvalue weighted by atomic mass is 15.3. The number of rotatable bonds is 7. The van der Waals surface area contributed by atoms with Crippen molar-refractivity contribution < 1.29 is 0 Å². The van der Waals surface area contributed by atoms with Gasteiger partial charge in [0, 0.05) is 35.2 Å². The minimum absolute atomic E-state index is 0.116. The van der Waals surface area contributed by atoms with E-state index in [1.807, 2.05) is 0 Å². The Labute approximate surface area is 301 Å². The van der Waals surface area contributed by atoms with Crippen LogP contribution >= 0.6 is 0 Å². The third-order valence-electron chi connectivity index (χ3n) is 10.8. The van der Waals surface area contributed by atoms with E-state index >= 15 is 0 Å². The molecule has 2 heterocycles. The minimum Gasteiger partial charge on any atom is -0.381 e. The number of nitrogens with one attached hydrogen (secondary N) is 3. The first-order valence-electron chi connectivity index (χ1n) is 18.2. The predicted octanol–water partition coefficient (Wildman–Crippen LogP) is 10.5. The lowest BCUT2D eigenvalue weighted by atomic mass is 9.90. The molecule has 2 unspecified atom stereocenters. The number of allylic oxidation sites excluding steroid dienone is 6. The standard InChI is InChI=1S/C46H43N5/c1-32-12-5-9-19-43(32)50(44-21-11-14-33-13-6-7-17-39(33)44)38-28-26-35(27-29-38)42-31-47-41(30-48-42)34-22-24-36(25-23-34)46-49-40-18-8-10-20-45(40)51(46)37-15-3-2-4-16-37/h2-22,24,26,28,31,41,46-49H,23,25,27,29-30H2,1H3. The molecule has 5 heteroatoms. The molecule has 51 heavy (non-hydrogen) atoms. The first kappa shape index (κ1) is 31.1. The Bertz CT molecular complexity index is 2250. The molecular weight excluding hydrogens is 623 g/mol. The summed E-state index contributed by atoms with van der Waals surface area (Å²) in [6, 6.07) is 43.7. The van der Waals surface area contributed by atoms with Crippen molar-refractivity contribution in [1.82, 2.24) is 10.6 Å². The third-order valence-corrected chi connectivity index (χ3v) is 10.8. The molecule has 4 aliphatic rings. The van der Waals surface area contributed by atoms with E-state index in [-0.39, 0.29) is 12.2 Å². The number of fused-ring (bicyclic) bond motifs is 2. The van der Waals surface area contributed by atoms with Gasteiger partial charge in [-0.1, -0.05) is 103 Å². The van der Waals surface area contributed by atoms with E-state index < -0.39 is 0 Å². The van der Waals surface area contributed by atoms with Crippen molar-refractivity contribution in [3.8, 4) is 0 Å². The highest BCUT2D eigenvalue weighted by Gasteiger charge is 2.33. The van der Waals surface area contributed by atoms with Crippen LogP contribution in [0.15, 0.2) is 180 Å². The fourth-order valence-corrected chi connectivity index (χ4v) is 8.12. The lowest BCUT2D eigenvalue weighted by Crippen LogP contribution is -2.43. The van der Waals surface area contributed by atoms with Crippen LogP contribution in [0.25, 0.3) is 10.8 Å². The summed E-state index contributed by atoms with van der Waals surface area (Å²) < 4.78 is 0. The topological polar surface area (TPSA) is 42.6 Å². The molecule has 0 fully saturated rings. The van der Waals surface area contributed by atoms with Gasteiger partial charge in [-0.15, -0.1) is 0 Å². The Hall–Kier alpha value is -5.94. The Morgan fingerprint density at radius 1 is 0.647 bits per heavy atom. The monoisotopic (exact) mass is 665 g/mol. The number of hydrogen-bond acceptors (Lipinski definition) is 5. The molecule has 5 nitrogen and oxygen atoms in total. The maximum Gasteiger partial charge on any atom is 0.126 e. The van der Waals surface area contributed by atoms with Crippen molar-refractivity contribution in [2.75, 3.05) is 21.7 Å². The Morgan fingerprint density at radius 2 is 1.39 bits per heavy atom. The number of hydrogen-bond donors (Lipinski definition) is 3. The molecule has 0 saturated heterocycles. The number of anilines is 5. The van der Waals surface area contributed by atoms with Crippen LogP contribution < -0.4 is 25.8 Å². The second-order valence-electron chi connectivity index (χ2n) is 13.9. The van der Waals surface area contributed by atoms with Crippen molar-refractivity contribution in [3.63, 3.8) is 0 Å². The molecule has 0 saturated carbocycles. The van der Waals surface area contributed by atoms with Gasteiger partial charge in [0.25, 0.3) is 0 Å². The number of aryl methyl sites for hydroxylation is 1. The predicted molar refractivity (Wildman–Crippen MR) is 214 cm³/mol. The fraction of sp³-hybridized carbons (Fsp3) is 0.174. The van der Waals surface area contributed by atoms with Crippen molar-refractivity contribution in [1.29, 1.82) is 0 Å². The molecule has 0 aromatic heterocycles. The van der Waals surface area contributed by atoms with E-state index in [4.69, 9.17) is 0 Å². The van der Waals surface area contributed by atoms with Gasteiger partial charge in [-0.2, -0.15) is 0 Å². The molecule has 0 radical (unpaired) electrons. The first-order valence-corrected chi connectivity index (χ1v) is 18.2. The van der Waals surface area contributed by atoms with E-state index in [0.29, 0.717) is 0 Å². The second kappa shape index (κ2) is 13.4. The average Bonchev–Trinajstić information content (AvgIpc) is 3.59. The van der Waals surface area contributed by atoms with Gasteiger partial charge in [0.1, 0.15) is 6.17 Å². The maximum atomic E-state index is 3.81. The third kappa shape index (κ3) is 5.89. The zero-order chi connectivity index (χ0) is 34.1. The van der Waals surface area contributed by atoms with Crippen LogP contribution in [0.1, 0.15) is 31.2 Å². The van der Waals surface area contributed by atoms with Gasteiger partial charge in [0.05, 0.1) is 28.8 Å². The summed E-state index contributed by atoms with van der Waals surface area (Å²) in [5.74, 6) is 0. The van der Waals surface area contributed by atoms with E-state index in [2.05, 4.69) is 185 Å². The SMILES string of the molecule is Cc1ccccc1N(C1=CC=C(C2=CNC(C3=CC=C(C4Nc5ccccc5N4c4ccccc4)CC3)CN2)CC1)c1cccc2ccccc12. The van der Waals surface area contributed by atoms with Crippen LogP contribution in [0, 0.1) is 6.92 Å². The lowest BCUT2D eigenvalue weighted by molar-refractivity contribution is 0.555. The van der Waals surface area contributed by atoms with Gasteiger partial charge in [0.15, 0.2) is 0 Å². The summed E-state index contributed by atoms with van der Waals surface area (Å²) >= 11 is 0. The molecule has 3 N–H and O–H groups in total. The van der Waals surface area contributed by atoms with Gasteiger partial charge in [-0.3, -0.25) is 0 Å². The van der Waals surface area contributed by atoms with Crippen LogP contribution in [0.3, 0.4) is 0 Å². The van der Waals surface area contributed by atoms with Crippen LogP contribution in [-0.2, 0) is 0 Å². The van der Waals surface area contributed by atoms with Gasteiger partial charge < -0.3 is 25.8 Å². The van der Waals surface area contributed by atoms with Crippen molar-refractivity contribution in [2.24, 2.45) is 0 Å². The molecule has 2 aliphatic heterocycles. The van der Waals surface area contributed by atoms with Crippen molar-refractivity contribution >= 4 is 39.2 Å². The van der Waals surface area contributed by atoms with Crippen molar-refractivity contribution in [3.05, 3.63) is 186 Å². The Morgan fingerprint density at radius 3 is 2.20 bits per heavy atom. The molecule has 5 aromatic rings. The summed E-state index contributed by atoms with van der Waals surface area (Å²) in [5.41, 5.74) is 14.1.